The van der Waals surface area contributed by atoms with Crippen molar-refractivity contribution in [3.8, 4) is 0 Å². The van der Waals surface area contributed by atoms with Gasteiger partial charge in [-0.15, -0.1) is 0 Å². The zero-order chi connectivity index (χ0) is 30.1. The van der Waals surface area contributed by atoms with Crippen LogP contribution in [0.3, 0.4) is 0 Å². The van der Waals surface area contributed by atoms with Crippen LogP contribution in [0.1, 0.15) is 10.4 Å². The molecule has 11 nitrogen and oxygen atoms in total. The molecule has 0 heterocycles. The van der Waals surface area contributed by atoms with Crippen molar-refractivity contribution in [1.82, 2.24) is 13.9 Å². The van der Waals surface area contributed by atoms with E-state index in [0.29, 0.717) is 16.9 Å². The molecule has 0 unspecified atom stereocenters. The molecule has 0 bridgehead atoms. The van der Waals surface area contributed by atoms with Gasteiger partial charge in [-0.05, 0) is 85.1 Å². The second kappa shape index (κ2) is 14.2. The van der Waals surface area contributed by atoms with E-state index in [9.17, 15) is 21.6 Å². The fourth-order valence-corrected chi connectivity index (χ4v) is 5.04. The number of anilines is 2. The molecule has 0 aliphatic heterocycles. The van der Waals surface area contributed by atoms with Gasteiger partial charge in [-0.2, -0.15) is 0 Å². The Kier molecular flexibility index (Phi) is 11.7. The van der Waals surface area contributed by atoms with Crippen LogP contribution in [0.15, 0.2) is 88.7 Å². The van der Waals surface area contributed by atoms with Crippen LogP contribution >= 0.6 is 24.4 Å². The molecule has 0 aromatic heterocycles. The number of thiocarbonyl (C=S) groups is 2. The van der Waals surface area contributed by atoms with Gasteiger partial charge in [0.05, 0.1) is 9.79 Å². The number of nitrogens with zero attached hydrogens (tertiary/aromatic N) is 2. The normalized spacial score (nSPS) is 11.2. The first-order valence-electron chi connectivity index (χ1n) is 11.4. The molecular weight excluding hydrogens is 593 g/mol. The Labute approximate surface area is 245 Å². The Balaban J connectivity index is 0.000000305. The maximum absolute atomic E-state index is 12.0. The van der Waals surface area contributed by atoms with E-state index >= 15 is 0 Å². The molecule has 0 spiro atoms. The van der Waals surface area contributed by atoms with Crippen LogP contribution in [0.4, 0.5) is 11.4 Å². The van der Waals surface area contributed by atoms with Gasteiger partial charge in [0.2, 0.25) is 20.0 Å². The molecule has 0 atom stereocenters. The number of nitrogens with two attached hydrogens (primary N) is 1. The summed E-state index contributed by atoms with van der Waals surface area (Å²) in [5, 5.41) is 8.39. The van der Waals surface area contributed by atoms with Crippen LogP contribution < -0.4 is 21.7 Å². The highest BCUT2D eigenvalue weighted by Crippen LogP contribution is 2.17. The highest BCUT2D eigenvalue weighted by atomic mass is 32.2. The molecule has 1 amide bonds. The minimum atomic E-state index is -3.47. The molecule has 3 aromatic rings. The molecular formula is C25H30N6O5S4. The van der Waals surface area contributed by atoms with Gasteiger partial charge in [-0.1, -0.05) is 18.2 Å². The molecule has 0 fully saturated rings. The van der Waals surface area contributed by atoms with E-state index in [-0.39, 0.29) is 25.9 Å². The Bertz CT molecular complexity index is 1540. The van der Waals surface area contributed by atoms with Crippen molar-refractivity contribution >= 4 is 72.0 Å². The van der Waals surface area contributed by atoms with E-state index in [4.69, 9.17) is 18.0 Å². The Morgan fingerprint density at radius 3 is 1.45 bits per heavy atom. The minimum absolute atomic E-state index is 0.132. The minimum Gasteiger partial charge on any atom is -0.376 e. The highest BCUT2D eigenvalue weighted by molar-refractivity contribution is 7.89. The fourth-order valence-electron chi connectivity index (χ4n) is 2.91. The van der Waals surface area contributed by atoms with E-state index in [1.807, 2.05) is 6.07 Å². The average molecular weight is 623 g/mol. The van der Waals surface area contributed by atoms with E-state index in [1.165, 1.54) is 52.5 Å². The smallest absolute Gasteiger partial charge is 0.257 e. The van der Waals surface area contributed by atoms with Gasteiger partial charge >= 0.3 is 0 Å². The number of amides is 1. The molecule has 0 aliphatic rings. The van der Waals surface area contributed by atoms with Gasteiger partial charge in [-0.25, -0.2) is 25.4 Å². The maximum atomic E-state index is 12.0. The van der Waals surface area contributed by atoms with Gasteiger partial charge in [0, 0.05) is 45.1 Å². The summed E-state index contributed by atoms with van der Waals surface area (Å²) in [7, 11) is -0.954. The van der Waals surface area contributed by atoms with Gasteiger partial charge < -0.3 is 16.4 Å². The molecule has 15 heteroatoms. The summed E-state index contributed by atoms with van der Waals surface area (Å²) in [4.78, 5) is 12.4. The summed E-state index contributed by atoms with van der Waals surface area (Å²) in [6.07, 6.45) is 0. The zero-order valence-corrected chi connectivity index (χ0v) is 25.4. The Morgan fingerprint density at radius 2 is 1.07 bits per heavy atom. The number of rotatable bonds is 7. The maximum Gasteiger partial charge on any atom is 0.257 e. The largest absolute Gasteiger partial charge is 0.376 e. The number of sulfonamides is 2. The van der Waals surface area contributed by atoms with Gasteiger partial charge in [0.1, 0.15) is 0 Å². The van der Waals surface area contributed by atoms with Crippen molar-refractivity contribution in [2.45, 2.75) is 9.79 Å². The molecule has 5 N–H and O–H groups in total. The summed E-state index contributed by atoms with van der Waals surface area (Å²) in [5.41, 5.74) is 7.02. The van der Waals surface area contributed by atoms with Crippen molar-refractivity contribution < 1.29 is 21.6 Å². The van der Waals surface area contributed by atoms with Crippen molar-refractivity contribution in [1.29, 1.82) is 0 Å². The SMILES string of the molecule is CN(C)S(=O)(=O)c1ccc(NC(=S)NC(=O)c2ccccc2)cc1.CN(C)S(=O)(=O)c1ccc(NC(N)=S)cc1. The van der Waals surface area contributed by atoms with Gasteiger partial charge in [0.25, 0.3) is 5.91 Å². The molecule has 214 valence electrons. The molecule has 3 aromatic carbocycles. The van der Waals surface area contributed by atoms with Crippen LogP contribution in [-0.2, 0) is 20.0 Å². The first-order chi connectivity index (χ1) is 18.6. The van der Waals surface area contributed by atoms with Crippen LogP contribution in [0.25, 0.3) is 0 Å². The Morgan fingerprint density at radius 1 is 0.675 bits per heavy atom. The third-order valence-corrected chi connectivity index (χ3v) is 9.02. The standard InChI is InChI=1S/C16H17N3O3S2.C9H13N3O2S2/c1-19(2)24(21,22)14-10-8-13(9-11-14)17-16(23)18-15(20)12-6-4-3-5-7-12;1-12(2)16(13,14)8-5-3-7(4-6-8)11-9(10)15/h3-11H,1-2H3,(H2,17,18,20,23);3-6H,1-2H3,(H3,10,11,15). The van der Waals surface area contributed by atoms with Gasteiger partial charge in [-0.3, -0.25) is 10.1 Å². The topological polar surface area (TPSA) is 154 Å². The molecule has 0 saturated heterocycles. The second-order valence-corrected chi connectivity index (χ2v) is 13.5. The number of carbonyl (C=O) groups is 1. The first kappa shape index (κ1) is 32.7. The van der Waals surface area contributed by atoms with Crippen molar-refractivity contribution in [3.05, 3.63) is 84.4 Å². The number of benzene rings is 3. The van der Waals surface area contributed by atoms with E-state index in [1.54, 1.807) is 48.5 Å². The zero-order valence-electron chi connectivity index (χ0n) is 22.2. The Hall–Kier alpha value is -3.47. The molecule has 3 rings (SSSR count). The van der Waals surface area contributed by atoms with Crippen LogP contribution in [0, 0.1) is 0 Å². The summed E-state index contributed by atoms with van der Waals surface area (Å²) in [6.45, 7) is 0. The quantitative estimate of drug-likeness (QED) is 0.289. The third-order valence-electron chi connectivity index (χ3n) is 5.05. The van der Waals surface area contributed by atoms with E-state index < -0.39 is 20.0 Å². The first-order valence-corrected chi connectivity index (χ1v) is 15.1. The van der Waals surface area contributed by atoms with E-state index in [0.717, 1.165) is 8.61 Å². The fraction of sp³-hybridized carbons (Fsp3) is 0.160. The summed E-state index contributed by atoms with van der Waals surface area (Å²) in [6, 6.07) is 21.0. The number of carbonyl (C=O) groups excluding carboxylic acids is 1. The van der Waals surface area contributed by atoms with Crippen LogP contribution in [0.2, 0.25) is 0 Å². The van der Waals surface area contributed by atoms with Crippen LogP contribution in [-0.4, -0.2) is 69.8 Å². The lowest BCUT2D eigenvalue weighted by Gasteiger charge is -2.13. The van der Waals surface area contributed by atoms with E-state index in [2.05, 4.69) is 28.2 Å². The van der Waals surface area contributed by atoms with Crippen molar-refractivity contribution in [3.63, 3.8) is 0 Å². The monoisotopic (exact) mass is 622 g/mol. The highest BCUT2D eigenvalue weighted by Gasteiger charge is 2.17. The number of hydrogen-bond acceptors (Lipinski definition) is 7. The van der Waals surface area contributed by atoms with Crippen molar-refractivity contribution in [2.75, 3.05) is 38.8 Å². The lowest BCUT2D eigenvalue weighted by molar-refractivity contribution is 0.0977. The van der Waals surface area contributed by atoms with Gasteiger partial charge in [0.15, 0.2) is 10.2 Å². The molecule has 0 aliphatic carbocycles. The second-order valence-electron chi connectivity index (χ2n) is 8.39. The van der Waals surface area contributed by atoms with Crippen LogP contribution in [0.5, 0.6) is 0 Å². The predicted octanol–water partition coefficient (Wildman–Crippen LogP) is 2.66. The molecule has 0 saturated carbocycles. The number of nitrogens with one attached hydrogen (secondary N) is 3. The predicted molar refractivity (Wildman–Crippen MR) is 165 cm³/mol. The summed E-state index contributed by atoms with van der Waals surface area (Å²) < 4.78 is 49.7. The lowest BCUT2D eigenvalue weighted by atomic mass is 10.2. The summed E-state index contributed by atoms with van der Waals surface area (Å²) in [5.74, 6) is -0.320. The summed E-state index contributed by atoms with van der Waals surface area (Å²) >= 11 is 9.76. The molecule has 40 heavy (non-hydrogen) atoms. The van der Waals surface area contributed by atoms with Crippen molar-refractivity contribution in [2.24, 2.45) is 5.73 Å². The lowest BCUT2D eigenvalue weighted by Crippen LogP contribution is -2.34. The number of hydrogen-bond donors (Lipinski definition) is 4. The molecule has 0 radical (unpaired) electrons. The third kappa shape index (κ3) is 9.32. The average Bonchev–Trinajstić information content (AvgIpc) is 2.89.